The molecule has 0 aromatic rings. The maximum Gasteiger partial charge on any atom is 0.211 e. The fraction of sp³-hybridized carbons (Fsp3) is 0.909. The monoisotopic (exact) mass is 293 g/mol. The molecule has 0 saturated carbocycles. The zero-order valence-electron chi connectivity index (χ0n) is 11.1. The smallest absolute Gasteiger partial charge is 0.211 e. The molecule has 18 heavy (non-hydrogen) atoms. The third-order valence-electron chi connectivity index (χ3n) is 3.26. The van der Waals surface area contributed by atoms with Gasteiger partial charge >= 0.3 is 0 Å². The molecule has 0 bridgehead atoms. The summed E-state index contributed by atoms with van der Waals surface area (Å²) in [7, 11) is -1.02. The van der Waals surface area contributed by atoms with E-state index in [4.69, 9.17) is 18.0 Å². The van der Waals surface area contributed by atoms with Crippen molar-refractivity contribution in [1.82, 2.24) is 9.21 Å². The molecular weight excluding hydrogens is 270 g/mol. The number of sulfonamides is 1. The maximum absolute atomic E-state index is 11.5. The quantitative estimate of drug-likeness (QED) is 0.712. The van der Waals surface area contributed by atoms with E-state index in [0.29, 0.717) is 30.4 Å². The summed E-state index contributed by atoms with van der Waals surface area (Å²) in [5, 5.41) is 0. The van der Waals surface area contributed by atoms with Crippen LogP contribution in [-0.4, -0.2) is 62.1 Å². The van der Waals surface area contributed by atoms with Crippen molar-refractivity contribution in [2.45, 2.75) is 19.3 Å². The van der Waals surface area contributed by atoms with E-state index in [0.717, 1.165) is 25.9 Å². The predicted octanol–water partition coefficient (Wildman–Crippen LogP) is 0.266. The molecule has 1 aliphatic heterocycles. The highest BCUT2D eigenvalue weighted by Crippen LogP contribution is 2.19. The van der Waals surface area contributed by atoms with Crippen LogP contribution in [0.25, 0.3) is 0 Å². The Labute approximate surface area is 115 Å². The molecule has 2 N–H and O–H groups in total. The van der Waals surface area contributed by atoms with Gasteiger partial charge in [0.05, 0.1) is 11.2 Å². The van der Waals surface area contributed by atoms with Gasteiger partial charge in [-0.15, -0.1) is 0 Å². The molecule has 1 heterocycles. The van der Waals surface area contributed by atoms with Crippen molar-refractivity contribution in [2.24, 2.45) is 11.7 Å². The van der Waals surface area contributed by atoms with Crippen LogP contribution in [0.3, 0.4) is 0 Å². The first kappa shape index (κ1) is 15.8. The third kappa shape index (κ3) is 5.60. The molecule has 0 spiro atoms. The van der Waals surface area contributed by atoms with E-state index in [-0.39, 0.29) is 0 Å². The Morgan fingerprint density at radius 3 is 2.78 bits per heavy atom. The number of nitrogens with zero attached hydrogens (tertiary/aromatic N) is 2. The molecular formula is C11H23N3O2S2. The zero-order chi connectivity index (χ0) is 13.8. The second-order valence-corrected chi connectivity index (χ2v) is 7.61. The molecule has 7 heteroatoms. The molecule has 1 aliphatic rings. The summed E-state index contributed by atoms with van der Waals surface area (Å²) in [5.74, 6) is 0.407. The highest BCUT2D eigenvalue weighted by atomic mass is 32.2. The van der Waals surface area contributed by atoms with Gasteiger partial charge in [-0.05, 0) is 25.8 Å². The molecule has 0 amide bonds. The van der Waals surface area contributed by atoms with Crippen LogP contribution in [0.2, 0.25) is 0 Å². The first-order chi connectivity index (χ1) is 8.29. The van der Waals surface area contributed by atoms with Crippen molar-refractivity contribution in [3.05, 3.63) is 0 Å². The third-order valence-corrected chi connectivity index (χ3v) is 4.73. The number of rotatable bonds is 6. The Hall–Kier alpha value is -0.240. The Balaban J connectivity index is 2.40. The van der Waals surface area contributed by atoms with E-state index in [1.54, 1.807) is 4.31 Å². The van der Waals surface area contributed by atoms with E-state index in [1.165, 1.54) is 6.26 Å². The Bertz CT molecular complexity index is 384. The molecule has 1 atom stereocenters. The largest absolute Gasteiger partial charge is 0.393 e. The molecule has 1 unspecified atom stereocenters. The summed E-state index contributed by atoms with van der Waals surface area (Å²) in [4.78, 5) is 2.71. The van der Waals surface area contributed by atoms with Crippen LogP contribution < -0.4 is 5.73 Å². The average molecular weight is 293 g/mol. The number of hydrogen-bond acceptors (Lipinski definition) is 4. The van der Waals surface area contributed by atoms with Gasteiger partial charge < -0.3 is 10.6 Å². The molecule has 0 radical (unpaired) electrons. The van der Waals surface area contributed by atoms with Gasteiger partial charge in [-0.2, -0.15) is 0 Å². The van der Waals surface area contributed by atoms with Gasteiger partial charge in [-0.1, -0.05) is 12.2 Å². The Morgan fingerprint density at radius 2 is 2.22 bits per heavy atom. The minimum absolute atomic E-state index is 0.407. The Kier molecular flexibility index (Phi) is 5.97. The molecule has 1 saturated heterocycles. The summed E-state index contributed by atoms with van der Waals surface area (Å²) in [5.41, 5.74) is 5.47. The van der Waals surface area contributed by atoms with Crippen LogP contribution >= 0.6 is 12.2 Å². The van der Waals surface area contributed by atoms with Crippen molar-refractivity contribution in [3.63, 3.8) is 0 Å². The van der Waals surface area contributed by atoms with Crippen LogP contribution in [0.5, 0.6) is 0 Å². The van der Waals surface area contributed by atoms with Crippen molar-refractivity contribution in [2.75, 3.05) is 39.5 Å². The van der Waals surface area contributed by atoms with E-state index >= 15 is 0 Å². The van der Waals surface area contributed by atoms with Crippen molar-refractivity contribution in [3.8, 4) is 0 Å². The molecule has 1 fully saturated rings. The van der Waals surface area contributed by atoms with E-state index < -0.39 is 10.0 Å². The summed E-state index contributed by atoms with van der Waals surface area (Å²) in [6.45, 7) is 3.03. The zero-order valence-corrected chi connectivity index (χ0v) is 12.8. The lowest BCUT2D eigenvalue weighted by Crippen LogP contribution is -2.43. The second-order valence-electron chi connectivity index (χ2n) is 5.11. The van der Waals surface area contributed by atoms with E-state index in [2.05, 4.69) is 4.90 Å². The van der Waals surface area contributed by atoms with Gasteiger partial charge in [0.2, 0.25) is 10.0 Å². The molecule has 5 nitrogen and oxygen atoms in total. The maximum atomic E-state index is 11.5. The fourth-order valence-electron chi connectivity index (χ4n) is 2.31. The number of piperidine rings is 1. The molecule has 106 valence electrons. The average Bonchev–Trinajstić information content (AvgIpc) is 2.25. The van der Waals surface area contributed by atoms with Crippen LogP contribution in [0.1, 0.15) is 19.3 Å². The number of thiocarbonyl (C=S) groups is 1. The minimum Gasteiger partial charge on any atom is -0.393 e. The lowest BCUT2D eigenvalue weighted by molar-refractivity contribution is 0.203. The molecule has 0 aromatic carbocycles. The first-order valence-corrected chi connectivity index (χ1v) is 8.46. The Morgan fingerprint density at radius 1 is 1.56 bits per heavy atom. The van der Waals surface area contributed by atoms with Gasteiger partial charge in [0.25, 0.3) is 0 Å². The number of hydrogen-bond donors (Lipinski definition) is 1. The standard InChI is InChI=1S/C11H23N3O2S2/c1-13(7-5-11(12)17)8-10-4-3-6-14(9-10)18(2,15)16/h10H,3-9H2,1-2H3,(H2,12,17). The van der Waals surface area contributed by atoms with Crippen LogP contribution in [0.15, 0.2) is 0 Å². The summed E-state index contributed by atoms with van der Waals surface area (Å²) < 4.78 is 24.6. The van der Waals surface area contributed by atoms with Crippen molar-refractivity contribution < 1.29 is 8.42 Å². The van der Waals surface area contributed by atoms with Gasteiger partial charge in [-0.25, -0.2) is 12.7 Å². The topological polar surface area (TPSA) is 66.6 Å². The lowest BCUT2D eigenvalue weighted by Gasteiger charge is -2.33. The highest BCUT2D eigenvalue weighted by Gasteiger charge is 2.26. The van der Waals surface area contributed by atoms with Gasteiger partial charge in [0.15, 0.2) is 0 Å². The van der Waals surface area contributed by atoms with Crippen molar-refractivity contribution in [1.29, 1.82) is 0 Å². The molecule has 0 aromatic heterocycles. The van der Waals surface area contributed by atoms with E-state index in [9.17, 15) is 8.42 Å². The summed E-state index contributed by atoms with van der Waals surface area (Å²) in [6, 6.07) is 0. The van der Waals surface area contributed by atoms with Gasteiger partial charge in [0, 0.05) is 32.6 Å². The highest BCUT2D eigenvalue weighted by molar-refractivity contribution is 7.88. The van der Waals surface area contributed by atoms with Crippen LogP contribution in [-0.2, 0) is 10.0 Å². The van der Waals surface area contributed by atoms with E-state index in [1.807, 2.05) is 7.05 Å². The SMILES string of the molecule is CN(CCC(N)=S)CC1CCCN(S(C)(=O)=O)C1. The summed E-state index contributed by atoms with van der Waals surface area (Å²) in [6.07, 6.45) is 4.03. The molecule has 1 rings (SSSR count). The first-order valence-electron chi connectivity index (χ1n) is 6.21. The predicted molar refractivity (Wildman–Crippen MR) is 78.0 cm³/mol. The van der Waals surface area contributed by atoms with Gasteiger partial charge in [0.1, 0.15) is 0 Å². The van der Waals surface area contributed by atoms with Crippen LogP contribution in [0.4, 0.5) is 0 Å². The fourth-order valence-corrected chi connectivity index (χ4v) is 3.34. The van der Waals surface area contributed by atoms with Crippen molar-refractivity contribution >= 4 is 27.2 Å². The second kappa shape index (κ2) is 6.79. The minimum atomic E-state index is -3.05. The normalized spacial score (nSPS) is 22.3. The lowest BCUT2D eigenvalue weighted by atomic mass is 9.99. The molecule has 0 aliphatic carbocycles. The summed E-state index contributed by atoms with van der Waals surface area (Å²) >= 11 is 4.85. The van der Waals surface area contributed by atoms with Crippen LogP contribution in [0, 0.1) is 5.92 Å². The van der Waals surface area contributed by atoms with Gasteiger partial charge in [-0.3, -0.25) is 0 Å². The number of nitrogens with two attached hydrogens (primary N) is 1.